The molecule has 146 valence electrons. The summed E-state index contributed by atoms with van der Waals surface area (Å²) in [6, 6.07) is 14.7. The van der Waals surface area contributed by atoms with E-state index in [0.29, 0.717) is 0 Å². The number of aromatic nitrogens is 1. The zero-order valence-corrected chi connectivity index (χ0v) is 17.1. The third kappa shape index (κ3) is 2.15. The lowest BCUT2D eigenvalue weighted by molar-refractivity contribution is 0.0410. The third-order valence-corrected chi connectivity index (χ3v) is 7.42. The number of likely N-dealkylation sites (N-methyl/N-ethyl adjacent to an activating group) is 1. The molecule has 0 bridgehead atoms. The van der Waals surface area contributed by atoms with E-state index >= 15 is 0 Å². The average molecular weight is 404 g/mol. The van der Waals surface area contributed by atoms with Crippen molar-refractivity contribution in [3.8, 4) is 5.75 Å². The molecule has 0 N–H and O–H groups in total. The maximum absolute atomic E-state index is 6.92. The molecule has 0 radical (unpaired) electrons. The smallest absolute Gasteiger partial charge is 0.229 e. The van der Waals surface area contributed by atoms with Crippen LogP contribution in [0.1, 0.15) is 31.2 Å². The fourth-order valence-electron chi connectivity index (χ4n) is 5.71. The highest BCUT2D eigenvalue weighted by Crippen LogP contribution is 2.60. The second-order valence-electron chi connectivity index (χ2n) is 8.42. The first-order chi connectivity index (χ1) is 14.1. The molecule has 3 heterocycles. The first kappa shape index (κ1) is 17.3. The Morgan fingerprint density at radius 1 is 1.17 bits per heavy atom. The fraction of sp³-hybridized carbons (Fsp3) is 0.333. The minimum absolute atomic E-state index is 0.140. The van der Waals surface area contributed by atoms with Gasteiger partial charge in [-0.3, -0.25) is 9.98 Å². The van der Waals surface area contributed by atoms with Crippen molar-refractivity contribution >= 4 is 40.0 Å². The Balaban J connectivity index is 1.58. The Labute approximate surface area is 175 Å². The van der Waals surface area contributed by atoms with Crippen molar-refractivity contribution in [2.75, 3.05) is 11.9 Å². The zero-order chi connectivity index (χ0) is 19.6. The van der Waals surface area contributed by atoms with Gasteiger partial charge >= 0.3 is 0 Å². The van der Waals surface area contributed by atoms with E-state index in [-0.39, 0.29) is 10.8 Å². The van der Waals surface area contributed by atoms with Crippen molar-refractivity contribution < 1.29 is 4.74 Å². The SMILES string of the molecule is CN1c2ccccc2C2(CCCC(Cl)C2)C12C=Nc1c(ccc3cnccc13)O2. The van der Waals surface area contributed by atoms with Crippen LogP contribution in [0.4, 0.5) is 11.4 Å². The van der Waals surface area contributed by atoms with Crippen LogP contribution in [-0.2, 0) is 5.41 Å². The van der Waals surface area contributed by atoms with E-state index in [9.17, 15) is 0 Å². The number of benzene rings is 2. The van der Waals surface area contributed by atoms with Gasteiger partial charge in [0.2, 0.25) is 5.72 Å². The maximum Gasteiger partial charge on any atom is 0.229 e. The summed E-state index contributed by atoms with van der Waals surface area (Å²) in [5.74, 6) is 0.821. The molecule has 1 aromatic heterocycles. The van der Waals surface area contributed by atoms with Gasteiger partial charge in [0, 0.05) is 41.3 Å². The highest BCUT2D eigenvalue weighted by molar-refractivity contribution is 6.20. The number of alkyl halides is 1. The van der Waals surface area contributed by atoms with Crippen LogP contribution in [0.2, 0.25) is 0 Å². The molecular formula is C24H22ClN3O. The number of rotatable bonds is 0. The predicted molar refractivity (Wildman–Crippen MR) is 118 cm³/mol. The van der Waals surface area contributed by atoms with E-state index in [1.54, 1.807) is 6.20 Å². The molecule has 3 aliphatic rings. The molecule has 2 aliphatic heterocycles. The Hall–Kier alpha value is -2.59. The number of pyridine rings is 1. The van der Waals surface area contributed by atoms with Gasteiger partial charge in [0.05, 0.1) is 11.6 Å². The quantitative estimate of drug-likeness (QED) is 0.459. The molecule has 0 amide bonds. The van der Waals surface area contributed by atoms with Crippen LogP contribution >= 0.6 is 11.6 Å². The summed E-state index contributed by atoms with van der Waals surface area (Å²) in [6.07, 6.45) is 9.77. The molecular weight excluding hydrogens is 382 g/mol. The topological polar surface area (TPSA) is 37.7 Å². The van der Waals surface area contributed by atoms with Crippen LogP contribution < -0.4 is 9.64 Å². The van der Waals surface area contributed by atoms with Gasteiger partial charge < -0.3 is 9.64 Å². The minimum Gasteiger partial charge on any atom is -0.459 e. The molecule has 2 aromatic carbocycles. The molecule has 4 nitrogen and oxygen atoms in total. The van der Waals surface area contributed by atoms with E-state index in [4.69, 9.17) is 21.3 Å². The average Bonchev–Trinajstić information content (AvgIpc) is 2.94. The van der Waals surface area contributed by atoms with Crippen LogP contribution in [-0.4, -0.2) is 29.3 Å². The Morgan fingerprint density at radius 2 is 2.07 bits per heavy atom. The van der Waals surface area contributed by atoms with E-state index in [0.717, 1.165) is 47.9 Å². The van der Waals surface area contributed by atoms with Gasteiger partial charge in [0.1, 0.15) is 11.4 Å². The van der Waals surface area contributed by atoms with Gasteiger partial charge in [-0.25, -0.2) is 0 Å². The molecule has 1 fully saturated rings. The summed E-state index contributed by atoms with van der Waals surface area (Å²) in [7, 11) is 2.12. The summed E-state index contributed by atoms with van der Waals surface area (Å²) in [6.45, 7) is 0. The number of anilines is 1. The predicted octanol–water partition coefficient (Wildman–Crippen LogP) is 5.60. The van der Waals surface area contributed by atoms with Crippen molar-refractivity contribution in [2.24, 2.45) is 4.99 Å². The summed E-state index contributed by atoms with van der Waals surface area (Å²) < 4.78 is 6.92. The van der Waals surface area contributed by atoms with Crippen LogP contribution in [0.25, 0.3) is 10.8 Å². The van der Waals surface area contributed by atoms with Gasteiger partial charge in [-0.1, -0.05) is 24.6 Å². The molecule has 29 heavy (non-hydrogen) atoms. The first-order valence-electron chi connectivity index (χ1n) is 10.2. The fourth-order valence-corrected chi connectivity index (χ4v) is 6.13. The summed E-state index contributed by atoms with van der Waals surface area (Å²) in [4.78, 5) is 11.5. The normalized spacial score (nSPS) is 29.9. The molecule has 0 saturated heterocycles. The standard InChI is InChI=1S/C24H22ClN3O/c1-28-20-7-3-2-6-19(20)23(11-4-5-17(25)13-23)24(28)15-27-22-18-10-12-26-14-16(18)8-9-21(22)29-24/h2-3,6-10,12,14-15,17H,4-5,11,13H2,1H3. The molecule has 3 aromatic rings. The van der Waals surface area contributed by atoms with Crippen molar-refractivity contribution in [2.45, 2.75) is 42.2 Å². The van der Waals surface area contributed by atoms with Gasteiger partial charge in [0.15, 0.2) is 0 Å². The van der Waals surface area contributed by atoms with E-state index in [1.807, 2.05) is 24.5 Å². The van der Waals surface area contributed by atoms with Crippen LogP contribution in [0.5, 0.6) is 5.75 Å². The number of ether oxygens (including phenoxy) is 1. The summed E-state index contributed by atoms with van der Waals surface area (Å²) in [5.41, 5.74) is 2.54. The number of hydrogen-bond donors (Lipinski definition) is 0. The first-order valence-corrected chi connectivity index (χ1v) is 10.7. The Bertz CT molecular complexity index is 1160. The van der Waals surface area contributed by atoms with E-state index < -0.39 is 5.72 Å². The largest absolute Gasteiger partial charge is 0.459 e. The van der Waals surface area contributed by atoms with Crippen LogP contribution in [0, 0.1) is 0 Å². The molecule has 5 heteroatoms. The zero-order valence-electron chi connectivity index (χ0n) is 16.3. The number of hydrogen-bond acceptors (Lipinski definition) is 4. The lowest BCUT2D eigenvalue weighted by Gasteiger charge is -2.50. The Morgan fingerprint density at radius 3 is 2.97 bits per heavy atom. The summed E-state index contributed by atoms with van der Waals surface area (Å²) >= 11 is 6.76. The molecule has 3 unspecified atom stereocenters. The molecule has 2 spiro atoms. The number of aliphatic imine (C=N–C) groups is 1. The lowest BCUT2D eigenvalue weighted by atomic mass is 9.64. The van der Waals surface area contributed by atoms with Gasteiger partial charge in [-0.05, 0) is 49.1 Å². The van der Waals surface area contributed by atoms with Crippen LogP contribution in [0.15, 0.2) is 59.9 Å². The molecule has 3 atom stereocenters. The monoisotopic (exact) mass is 403 g/mol. The van der Waals surface area contributed by atoms with Gasteiger partial charge in [0.25, 0.3) is 0 Å². The van der Waals surface area contributed by atoms with Crippen molar-refractivity contribution in [1.82, 2.24) is 4.98 Å². The molecule has 6 rings (SSSR count). The lowest BCUT2D eigenvalue weighted by Crippen LogP contribution is -2.64. The minimum atomic E-state index is -0.669. The summed E-state index contributed by atoms with van der Waals surface area (Å²) in [5, 5.41) is 2.27. The highest BCUT2D eigenvalue weighted by atomic mass is 35.5. The Kier molecular flexibility index (Phi) is 3.55. The number of nitrogens with zero attached hydrogens (tertiary/aromatic N) is 3. The number of halogens is 1. The van der Waals surface area contributed by atoms with E-state index in [2.05, 4.69) is 47.3 Å². The van der Waals surface area contributed by atoms with Crippen molar-refractivity contribution in [1.29, 1.82) is 0 Å². The second-order valence-corrected chi connectivity index (χ2v) is 9.03. The third-order valence-electron chi connectivity index (χ3n) is 7.04. The van der Waals surface area contributed by atoms with Crippen molar-refractivity contribution in [3.05, 3.63) is 60.4 Å². The molecule has 1 aliphatic carbocycles. The van der Waals surface area contributed by atoms with Gasteiger partial charge in [-0.15, -0.1) is 11.6 Å². The van der Waals surface area contributed by atoms with Crippen LogP contribution in [0.3, 0.4) is 0 Å². The highest BCUT2D eigenvalue weighted by Gasteiger charge is 2.64. The van der Waals surface area contributed by atoms with Gasteiger partial charge in [-0.2, -0.15) is 0 Å². The maximum atomic E-state index is 6.92. The van der Waals surface area contributed by atoms with E-state index in [1.165, 1.54) is 11.3 Å². The number of fused-ring (bicyclic) bond motifs is 6. The number of para-hydroxylation sites is 1. The second kappa shape index (κ2) is 5.96. The van der Waals surface area contributed by atoms with Crippen molar-refractivity contribution in [3.63, 3.8) is 0 Å². The molecule has 1 saturated carbocycles.